The van der Waals surface area contributed by atoms with Crippen LogP contribution in [-0.4, -0.2) is 55.7 Å². The molecule has 0 spiro atoms. The Hall–Kier alpha value is -3.02. The first kappa shape index (κ1) is 22.2. The van der Waals surface area contributed by atoms with Gasteiger partial charge in [0.1, 0.15) is 11.9 Å². The van der Waals surface area contributed by atoms with Gasteiger partial charge in [-0.05, 0) is 56.3 Å². The van der Waals surface area contributed by atoms with Crippen LogP contribution in [-0.2, 0) is 10.0 Å². The lowest BCUT2D eigenvalue weighted by atomic mass is 10.1. The van der Waals surface area contributed by atoms with E-state index in [0.717, 1.165) is 37.3 Å². The van der Waals surface area contributed by atoms with Gasteiger partial charge in [0.25, 0.3) is 20.3 Å². The minimum atomic E-state index is -3.94. The number of hydrogen-bond acceptors (Lipinski definition) is 8. The molecule has 9 nitrogen and oxygen atoms in total. The number of ether oxygens (including phenoxy) is 1. The van der Waals surface area contributed by atoms with E-state index in [1.807, 2.05) is 0 Å². The van der Waals surface area contributed by atoms with E-state index in [1.54, 1.807) is 54.6 Å². The van der Waals surface area contributed by atoms with Gasteiger partial charge in [0.2, 0.25) is 5.13 Å². The SMILES string of the molecule is CN1CCC(Oc2ccc(NS(=O)(=O)c3nnc(NC(=O)c4ccccc4)s3)cc2)CC1. The zero-order chi connectivity index (χ0) is 22.6. The average Bonchev–Trinajstić information content (AvgIpc) is 3.27. The number of benzene rings is 2. The van der Waals surface area contributed by atoms with Crippen molar-refractivity contribution in [3.63, 3.8) is 0 Å². The van der Waals surface area contributed by atoms with E-state index in [-0.39, 0.29) is 21.5 Å². The first-order chi connectivity index (χ1) is 15.4. The Labute approximate surface area is 190 Å². The average molecular weight is 474 g/mol. The highest BCUT2D eigenvalue weighted by Crippen LogP contribution is 2.25. The second-order valence-corrected chi connectivity index (χ2v) is 10.3. The van der Waals surface area contributed by atoms with E-state index < -0.39 is 10.0 Å². The van der Waals surface area contributed by atoms with E-state index >= 15 is 0 Å². The van der Waals surface area contributed by atoms with Crippen LogP contribution in [0.1, 0.15) is 23.2 Å². The molecule has 0 saturated carbocycles. The van der Waals surface area contributed by atoms with Crippen molar-refractivity contribution in [1.29, 1.82) is 0 Å². The fraction of sp³-hybridized carbons (Fsp3) is 0.286. The number of piperidine rings is 1. The van der Waals surface area contributed by atoms with Gasteiger partial charge in [-0.15, -0.1) is 10.2 Å². The summed E-state index contributed by atoms with van der Waals surface area (Å²) in [7, 11) is -1.85. The summed E-state index contributed by atoms with van der Waals surface area (Å²) < 4.78 is 33.5. The number of nitrogens with zero attached hydrogens (tertiary/aromatic N) is 3. The van der Waals surface area contributed by atoms with Gasteiger partial charge >= 0.3 is 0 Å². The van der Waals surface area contributed by atoms with E-state index in [4.69, 9.17) is 4.74 Å². The van der Waals surface area contributed by atoms with E-state index in [2.05, 4.69) is 32.2 Å². The lowest BCUT2D eigenvalue weighted by Crippen LogP contribution is -2.35. The summed E-state index contributed by atoms with van der Waals surface area (Å²) >= 11 is 0.775. The van der Waals surface area contributed by atoms with Crippen molar-refractivity contribution in [3.05, 3.63) is 60.2 Å². The summed E-state index contributed by atoms with van der Waals surface area (Å²) in [6.45, 7) is 2.00. The number of likely N-dealkylation sites (tertiary alicyclic amines) is 1. The highest BCUT2D eigenvalue weighted by Gasteiger charge is 2.22. The van der Waals surface area contributed by atoms with Crippen LogP contribution < -0.4 is 14.8 Å². The van der Waals surface area contributed by atoms with Crippen LogP contribution in [0.3, 0.4) is 0 Å². The van der Waals surface area contributed by atoms with Crippen molar-refractivity contribution in [3.8, 4) is 5.75 Å². The normalized spacial score (nSPS) is 15.3. The Balaban J connectivity index is 1.36. The van der Waals surface area contributed by atoms with Gasteiger partial charge in [-0.25, -0.2) is 0 Å². The van der Waals surface area contributed by atoms with Crippen molar-refractivity contribution < 1.29 is 17.9 Å². The topological polar surface area (TPSA) is 114 Å². The van der Waals surface area contributed by atoms with Gasteiger partial charge in [0.05, 0.1) is 0 Å². The molecule has 1 aliphatic rings. The molecule has 2 N–H and O–H groups in total. The monoisotopic (exact) mass is 473 g/mol. The molecule has 0 unspecified atom stereocenters. The molecule has 0 radical (unpaired) electrons. The van der Waals surface area contributed by atoms with Gasteiger partial charge < -0.3 is 9.64 Å². The van der Waals surface area contributed by atoms with Crippen LogP contribution in [0.2, 0.25) is 0 Å². The van der Waals surface area contributed by atoms with Crippen molar-refractivity contribution in [2.75, 3.05) is 30.2 Å². The van der Waals surface area contributed by atoms with Gasteiger partial charge in [-0.2, -0.15) is 8.42 Å². The summed E-state index contributed by atoms with van der Waals surface area (Å²) in [4.78, 5) is 14.5. The summed E-state index contributed by atoms with van der Waals surface area (Å²) in [5, 5.41) is 10.1. The van der Waals surface area contributed by atoms with Crippen molar-refractivity contribution >= 4 is 38.1 Å². The first-order valence-corrected chi connectivity index (χ1v) is 12.4. The Kier molecular flexibility index (Phi) is 6.68. The highest BCUT2D eigenvalue weighted by molar-refractivity contribution is 7.94. The number of sulfonamides is 1. The third-order valence-electron chi connectivity index (χ3n) is 4.97. The minimum Gasteiger partial charge on any atom is -0.490 e. The van der Waals surface area contributed by atoms with Crippen molar-refractivity contribution in [1.82, 2.24) is 15.1 Å². The number of anilines is 2. The second kappa shape index (κ2) is 9.63. The molecule has 4 rings (SSSR count). The summed E-state index contributed by atoms with van der Waals surface area (Å²) in [6.07, 6.45) is 2.09. The fourth-order valence-corrected chi connectivity index (χ4v) is 5.18. The quantitative estimate of drug-likeness (QED) is 0.507. The number of amides is 1. The predicted octanol–water partition coefficient (Wildman–Crippen LogP) is 3.06. The largest absolute Gasteiger partial charge is 0.490 e. The maximum absolute atomic E-state index is 12.7. The Bertz CT molecular complexity index is 1160. The molecule has 168 valence electrons. The molecule has 0 bridgehead atoms. The molecule has 32 heavy (non-hydrogen) atoms. The van der Waals surface area contributed by atoms with Crippen LogP contribution >= 0.6 is 11.3 Å². The third kappa shape index (κ3) is 5.61. The molecule has 0 atom stereocenters. The lowest BCUT2D eigenvalue weighted by Gasteiger charge is -2.29. The highest BCUT2D eigenvalue weighted by atomic mass is 32.2. The molecular formula is C21H23N5O4S2. The number of nitrogens with one attached hydrogen (secondary N) is 2. The number of aromatic nitrogens is 2. The molecule has 1 aliphatic heterocycles. The number of carbonyl (C=O) groups excluding carboxylic acids is 1. The molecule has 3 aromatic rings. The fourth-order valence-electron chi connectivity index (χ4n) is 3.22. The lowest BCUT2D eigenvalue weighted by molar-refractivity contribution is 0.102. The van der Waals surface area contributed by atoms with Crippen LogP contribution in [0.4, 0.5) is 10.8 Å². The second-order valence-electron chi connectivity index (χ2n) is 7.44. The van der Waals surface area contributed by atoms with Gasteiger partial charge in [-0.3, -0.25) is 14.8 Å². The van der Waals surface area contributed by atoms with E-state index in [1.165, 1.54) is 0 Å². The molecule has 1 aromatic heterocycles. The molecule has 1 saturated heterocycles. The maximum Gasteiger partial charge on any atom is 0.291 e. The summed E-state index contributed by atoms with van der Waals surface area (Å²) in [5.74, 6) is 0.309. The summed E-state index contributed by atoms with van der Waals surface area (Å²) in [6, 6.07) is 15.3. The molecular weight excluding hydrogens is 450 g/mol. The Morgan fingerprint density at radius 2 is 1.75 bits per heavy atom. The number of rotatable bonds is 7. The third-order valence-corrected chi connectivity index (χ3v) is 7.56. The standard InChI is InChI=1S/C21H23N5O4S2/c1-26-13-11-18(12-14-26)30-17-9-7-16(8-10-17)25-32(28,29)21-24-23-20(31-21)22-19(27)15-5-3-2-4-6-15/h2-10,18,25H,11-14H2,1H3,(H,22,23,27). The van der Waals surface area contributed by atoms with Crippen LogP contribution in [0.25, 0.3) is 0 Å². The molecule has 2 heterocycles. The minimum absolute atomic E-state index is 0.0982. The number of hydrogen-bond donors (Lipinski definition) is 2. The van der Waals surface area contributed by atoms with E-state index in [9.17, 15) is 13.2 Å². The Morgan fingerprint density at radius 3 is 2.44 bits per heavy atom. The van der Waals surface area contributed by atoms with Crippen LogP contribution in [0, 0.1) is 0 Å². The number of carbonyl (C=O) groups is 1. The molecule has 2 aromatic carbocycles. The maximum atomic E-state index is 12.7. The van der Waals surface area contributed by atoms with Gasteiger partial charge in [-0.1, -0.05) is 29.5 Å². The van der Waals surface area contributed by atoms with Gasteiger partial charge in [0, 0.05) is 24.3 Å². The predicted molar refractivity (Wildman–Crippen MR) is 123 cm³/mol. The molecule has 0 aliphatic carbocycles. The Morgan fingerprint density at radius 1 is 1.06 bits per heavy atom. The van der Waals surface area contributed by atoms with Crippen LogP contribution in [0.5, 0.6) is 5.75 Å². The molecule has 11 heteroatoms. The van der Waals surface area contributed by atoms with Crippen LogP contribution in [0.15, 0.2) is 58.9 Å². The molecule has 1 amide bonds. The first-order valence-electron chi connectivity index (χ1n) is 10.1. The summed E-state index contributed by atoms with van der Waals surface area (Å²) in [5.41, 5.74) is 0.818. The smallest absolute Gasteiger partial charge is 0.291 e. The molecule has 1 fully saturated rings. The van der Waals surface area contributed by atoms with Crippen molar-refractivity contribution in [2.45, 2.75) is 23.3 Å². The zero-order valence-corrected chi connectivity index (χ0v) is 19.0. The van der Waals surface area contributed by atoms with Gasteiger partial charge in [0.15, 0.2) is 0 Å². The zero-order valence-electron chi connectivity index (χ0n) is 17.4. The van der Waals surface area contributed by atoms with E-state index in [0.29, 0.717) is 17.0 Å². The van der Waals surface area contributed by atoms with Crippen molar-refractivity contribution in [2.24, 2.45) is 0 Å².